The number of likely N-dealkylation sites (tertiary alicyclic amines) is 1. The molecule has 0 radical (unpaired) electrons. The third-order valence-electron chi connectivity index (χ3n) is 3.48. The van der Waals surface area contributed by atoms with Crippen LogP contribution in [-0.2, 0) is 16.1 Å². The topological polar surface area (TPSA) is 92.5 Å². The smallest absolute Gasteiger partial charge is 0.306 e. The number of amides is 1. The number of hydrogen-bond donors (Lipinski definition) is 1. The van der Waals surface area contributed by atoms with Crippen LogP contribution in [0.1, 0.15) is 18.5 Å². The molecule has 108 valence electrons. The van der Waals surface area contributed by atoms with Crippen LogP contribution in [0.25, 0.3) is 0 Å². The van der Waals surface area contributed by atoms with Crippen molar-refractivity contribution in [1.82, 2.24) is 14.7 Å². The molecule has 0 bridgehead atoms. The van der Waals surface area contributed by atoms with Gasteiger partial charge in [0.1, 0.15) is 6.54 Å². The highest BCUT2D eigenvalue weighted by atomic mass is 16.4. The molecule has 1 fully saturated rings. The van der Waals surface area contributed by atoms with Crippen LogP contribution in [0.5, 0.6) is 0 Å². The number of nitrogens with zero attached hydrogens (tertiary/aromatic N) is 3. The van der Waals surface area contributed by atoms with Crippen molar-refractivity contribution >= 4 is 11.9 Å². The molecule has 0 spiro atoms. The van der Waals surface area contributed by atoms with Crippen molar-refractivity contribution < 1.29 is 14.7 Å². The fourth-order valence-electron chi connectivity index (χ4n) is 2.27. The maximum Gasteiger partial charge on any atom is 0.306 e. The number of carbonyl (C=O) groups is 2. The first-order valence-corrected chi connectivity index (χ1v) is 6.52. The molecule has 7 nitrogen and oxygen atoms in total. The summed E-state index contributed by atoms with van der Waals surface area (Å²) in [4.78, 5) is 36.1. The minimum Gasteiger partial charge on any atom is -0.481 e. The van der Waals surface area contributed by atoms with E-state index >= 15 is 0 Å². The average Bonchev–Trinajstić information content (AvgIpc) is 2.43. The van der Waals surface area contributed by atoms with Gasteiger partial charge in [-0.3, -0.25) is 14.4 Å². The van der Waals surface area contributed by atoms with Crippen molar-refractivity contribution in [3.8, 4) is 0 Å². The van der Waals surface area contributed by atoms with Crippen molar-refractivity contribution in [3.63, 3.8) is 0 Å². The van der Waals surface area contributed by atoms with Crippen molar-refractivity contribution in [1.29, 1.82) is 0 Å². The standard InChI is InChI=1S/C13H17N3O4/c1-9-2-3-11(17)16(14-9)8-12(18)15-6-4-10(5-7-15)13(19)20/h2-3,10H,4-8H2,1H3,(H,19,20). The highest BCUT2D eigenvalue weighted by Gasteiger charge is 2.27. The molecule has 0 unspecified atom stereocenters. The summed E-state index contributed by atoms with van der Waals surface area (Å²) in [5.41, 5.74) is 0.353. The van der Waals surface area contributed by atoms with Gasteiger partial charge in [-0.1, -0.05) is 0 Å². The van der Waals surface area contributed by atoms with Gasteiger partial charge in [-0.05, 0) is 25.8 Å². The molecule has 1 aliphatic heterocycles. The first kappa shape index (κ1) is 14.2. The van der Waals surface area contributed by atoms with Gasteiger partial charge in [-0.2, -0.15) is 5.10 Å². The van der Waals surface area contributed by atoms with E-state index in [1.807, 2.05) is 0 Å². The van der Waals surface area contributed by atoms with E-state index in [2.05, 4.69) is 5.10 Å². The van der Waals surface area contributed by atoms with Gasteiger partial charge in [0.15, 0.2) is 0 Å². The number of carboxylic acids is 1. The SMILES string of the molecule is Cc1ccc(=O)n(CC(=O)N2CCC(C(=O)O)CC2)n1. The van der Waals surface area contributed by atoms with Gasteiger partial charge < -0.3 is 10.0 Å². The summed E-state index contributed by atoms with van der Waals surface area (Å²) in [6, 6.07) is 2.98. The van der Waals surface area contributed by atoms with E-state index in [4.69, 9.17) is 5.11 Å². The van der Waals surface area contributed by atoms with E-state index in [1.165, 1.54) is 6.07 Å². The summed E-state index contributed by atoms with van der Waals surface area (Å²) in [5.74, 6) is -1.39. The number of rotatable bonds is 3. The van der Waals surface area contributed by atoms with Crippen LogP contribution in [0.4, 0.5) is 0 Å². The lowest BCUT2D eigenvalue weighted by Gasteiger charge is -2.30. The minimum absolute atomic E-state index is 0.0990. The van der Waals surface area contributed by atoms with Gasteiger partial charge in [0.2, 0.25) is 5.91 Å². The van der Waals surface area contributed by atoms with Crippen LogP contribution >= 0.6 is 0 Å². The van der Waals surface area contributed by atoms with Gasteiger partial charge in [0.05, 0.1) is 11.6 Å². The Morgan fingerprint density at radius 2 is 2.00 bits per heavy atom. The predicted octanol–water partition coefficient (Wildman–Crippen LogP) is -0.125. The molecule has 1 aliphatic rings. The zero-order chi connectivity index (χ0) is 14.7. The molecule has 2 heterocycles. The fourth-order valence-corrected chi connectivity index (χ4v) is 2.27. The highest BCUT2D eigenvalue weighted by molar-refractivity contribution is 5.76. The van der Waals surface area contributed by atoms with Crippen LogP contribution in [0.15, 0.2) is 16.9 Å². The number of piperidine rings is 1. The number of carboxylic acid groups (broad SMARTS) is 1. The Balaban J connectivity index is 1.98. The zero-order valence-corrected chi connectivity index (χ0v) is 11.3. The molecule has 0 aromatic carbocycles. The molecule has 7 heteroatoms. The Kier molecular flexibility index (Phi) is 4.16. The molecule has 20 heavy (non-hydrogen) atoms. The number of aliphatic carboxylic acids is 1. The molecule has 1 aromatic heterocycles. The van der Waals surface area contributed by atoms with Crippen LogP contribution in [0.2, 0.25) is 0 Å². The molecule has 1 aromatic rings. The van der Waals surface area contributed by atoms with E-state index in [1.54, 1.807) is 17.9 Å². The Morgan fingerprint density at radius 1 is 1.35 bits per heavy atom. The maximum atomic E-state index is 12.1. The quantitative estimate of drug-likeness (QED) is 0.832. The number of hydrogen-bond acceptors (Lipinski definition) is 4. The maximum absolute atomic E-state index is 12.1. The monoisotopic (exact) mass is 279 g/mol. The Morgan fingerprint density at radius 3 is 2.60 bits per heavy atom. The number of aromatic nitrogens is 2. The van der Waals surface area contributed by atoms with E-state index in [0.29, 0.717) is 31.6 Å². The first-order chi connectivity index (χ1) is 9.47. The summed E-state index contributed by atoms with van der Waals surface area (Å²) in [6.07, 6.45) is 0.911. The van der Waals surface area contributed by atoms with E-state index in [9.17, 15) is 14.4 Å². The van der Waals surface area contributed by atoms with Crippen molar-refractivity contribution in [3.05, 3.63) is 28.2 Å². The first-order valence-electron chi connectivity index (χ1n) is 6.52. The van der Waals surface area contributed by atoms with E-state index < -0.39 is 5.97 Å². The summed E-state index contributed by atoms with van der Waals surface area (Å²) in [5, 5.41) is 12.9. The Hall–Kier alpha value is -2.18. The number of carbonyl (C=O) groups excluding carboxylic acids is 1. The lowest BCUT2D eigenvalue weighted by Crippen LogP contribution is -2.43. The predicted molar refractivity (Wildman–Crippen MR) is 70.2 cm³/mol. The van der Waals surface area contributed by atoms with Crippen molar-refractivity contribution in [2.45, 2.75) is 26.3 Å². The normalized spacial score (nSPS) is 16.1. The molecule has 2 rings (SSSR count). The number of aryl methyl sites for hydroxylation is 1. The van der Waals surface area contributed by atoms with Gasteiger partial charge in [-0.15, -0.1) is 0 Å². The van der Waals surface area contributed by atoms with E-state index in [0.717, 1.165) is 4.68 Å². The summed E-state index contributed by atoms with van der Waals surface area (Å²) in [6.45, 7) is 2.48. The molecule has 0 aliphatic carbocycles. The van der Waals surface area contributed by atoms with Crippen LogP contribution in [-0.4, -0.2) is 44.8 Å². The summed E-state index contributed by atoms with van der Waals surface area (Å²) >= 11 is 0. The van der Waals surface area contributed by atoms with Gasteiger partial charge in [0, 0.05) is 19.2 Å². The second kappa shape index (κ2) is 5.85. The summed E-state index contributed by atoms with van der Waals surface area (Å²) < 4.78 is 1.14. The third kappa shape index (κ3) is 3.23. The lowest BCUT2D eigenvalue weighted by atomic mass is 9.97. The highest BCUT2D eigenvalue weighted by Crippen LogP contribution is 2.17. The fraction of sp³-hybridized carbons (Fsp3) is 0.538. The van der Waals surface area contributed by atoms with E-state index in [-0.39, 0.29) is 23.9 Å². The van der Waals surface area contributed by atoms with Crippen LogP contribution in [0.3, 0.4) is 0 Å². The molecular formula is C13H17N3O4. The molecule has 1 amide bonds. The molecule has 1 N–H and O–H groups in total. The summed E-state index contributed by atoms with van der Waals surface area (Å²) in [7, 11) is 0. The van der Waals surface area contributed by atoms with Gasteiger partial charge in [0.25, 0.3) is 5.56 Å². The Bertz CT molecular complexity index is 573. The molecule has 0 atom stereocenters. The third-order valence-corrected chi connectivity index (χ3v) is 3.48. The largest absolute Gasteiger partial charge is 0.481 e. The molecular weight excluding hydrogens is 262 g/mol. The second-order valence-electron chi connectivity index (χ2n) is 4.96. The van der Waals surface area contributed by atoms with Crippen LogP contribution in [0, 0.1) is 12.8 Å². The minimum atomic E-state index is -0.811. The van der Waals surface area contributed by atoms with Gasteiger partial charge in [-0.25, -0.2) is 4.68 Å². The second-order valence-corrected chi connectivity index (χ2v) is 4.96. The van der Waals surface area contributed by atoms with Crippen molar-refractivity contribution in [2.75, 3.05) is 13.1 Å². The molecule has 0 saturated carbocycles. The zero-order valence-electron chi connectivity index (χ0n) is 11.3. The van der Waals surface area contributed by atoms with Crippen LogP contribution < -0.4 is 5.56 Å². The molecule has 1 saturated heterocycles. The van der Waals surface area contributed by atoms with Gasteiger partial charge >= 0.3 is 5.97 Å². The lowest BCUT2D eigenvalue weighted by molar-refractivity contribution is -0.145. The average molecular weight is 279 g/mol. The Labute approximate surface area is 115 Å². The van der Waals surface area contributed by atoms with Crippen molar-refractivity contribution in [2.24, 2.45) is 5.92 Å².